The highest BCUT2D eigenvalue weighted by molar-refractivity contribution is 6.12. The maximum atomic E-state index is 13.1. The van der Waals surface area contributed by atoms with Crippen LogP contribution >= 0.6 is 0 Å². The van der Waals surface area contributed by atoms with Crippen molar-refractivity contribution in [2.24, 2.45) is 0 Å². The molecule has 7 nitrogen and oxygen atoms in total. The number of aromatic hydroxyl groups is 2. The van der Waals surface area contributed by atoms with Gasteiger partial charge >= 0.3 is 6.18 Å². The normalized spacial score (nSPS) is 11.4. The highest BCUT2D eigenvalue weighted by atomic mass is 19.4. The number of aliphatic hydroxyl groups excluding tert-OH is 2. The minimum Gasteiger partial charge on any atom is -0.508 e. The lowest BCUT2D eigenvalue weighted by Crippen LogP contribution is -2.37. The lowest BCUT2D eigenvalue weighted by molar-refractivity contribution is -0.137. The molecule has 2 aromatic carbocycles. The Morgan fingerprint density at radius 2 is 1.50 bits per heavy atom. The number of alkyl halides is 3. The van der Waals surface area contributed by atoms with Gasteiger partial charge in [-0.2, -0.15) is 13.2 Å². The van der Waals surface area contributed by atoms with Crippen LogP contribution in [-0.4, -0.2) is 63.3 Å². The molecular weight excluding hydrogens is 431 g/mol. The molecule has 0 aliphatic carbocycles. The third-order valence-electron chi connectivity index (χ3n) is 4.98. The van der Waals surface area contributed by atoms with Crippen molar-refractivity contribution in [3.05, 3.63) is 58.1 Å². The van der Waals surface area contributed by atoms with Crippen LogP contribution in [0.25, 0.3) is 0 Å². The van der Waals surface area contributed by atoms with Gasteiger partial charge in [-0.05, 0) is 29.7 Å². The van der Waals surface area contributed by atoms with Gasteiger partial charge in [-0.1, -0.05) is 19.1 Å². The summed E-state index contributed by atoms with van der Waals surface area (Å²) in [4.78, 5) is 27.0. The summed E-state index contributed by atoms with van der Waals surface area (Å²) in [6.07, 6.45) is -4.83. The second-order valence-electron chi connectivity index (χ2n) is 7.01. The number of hydrogen-bond donors (Lipinski definition) is 4. The minimum atomic E-state index is -4.59. The van der Waals surface area contributed by atoms with Gasteiger partial charge in [0.1, 0.15) is 11.5 Å². The lowest BCUT2D eigenvalue weighted by atomic mass is 9.89. The average molecular weight is 455 g/mol. The zero-order valence-electron chi connectivity index (χ0n) is 17.3. The van der Waals surface area contributed by atoms with Crippen LogP contribution in [0.1, 0.15) is 39.5 Å². The van der Waals surface area contributed by atoms with E-state index in [2.05, 4.69) is 0 Å². The van der Waals surface area contributed by atoms with Crippen molar-refractivity contribution in [1.82, 2.24) is 4.90 Å². The molecule has 0 atom stereocenters. The van der Waals surface area contributed by atoms with Gasteiger partial charge in [0.05, 0.1) is 30.8 Å². The second kappa shape index (κ2) is 10.5. The molecule has 1 amide bonds. The number of nitrogens with zero attached hydrogens (tertiary/aromatic N) is 1. The van der Waals surface area contributed by atoms with Crippen LogP contribution < -0.4 is 0 Å². The Morgan fingerprint density at radius 3 is 1.97 bits per heavy atom. The maximum Gasteiger partial charge on any atom is 0.416 e. The first kappa shape index (κ1) is 25.2. The Morgan fingerprint density at radius 1 is 0.938 bits per heavy atom. The molecule has 174 valence electrons. The summed E-state index contributed by atoms with van der Waals surface area (Å²) in [6, 6.07) is 4.36. The third kappa shape index (κ3) is 5.57. The predicted molar refractivity (Wildman–Crippen MR) is 108 cm³/mol. The van der Waals surface area contributed by atoms with Gasteiger partial charge in [-0.3, -0.25) is 9.59 Å². The molecule has 32 heavy (non-hydrogen) atoms. The quantitative estimate of drug-likeness (QED) is 0.431. The molecule has 0 aromatic heterocycles. The van der Waals surface area contributed by atoms with E-state index in [1.807, 2.05) is 0 Å². The highest BCUT2D eigenvalue weighted by Crippen LogP contribution is 2.36. The van der Waals surface area contributed by atoms with E-state index in [4.69, 9.17) is 10.2 Å². The number of carbonyl (C=O) groups excluding carboxylic acids is 2. The predicted octanol–water partition coefficient (Wildman–Crippen LogP) is 2.27. The van der Waals surface area contributed by atoms with Crippen molar-refractivity contribution in [2.75, 3.05) is 26.3 Å². The van der Waals surface area contributed by atoms with Crippen molar-refractivity contribution in [1.29, 1.82) is 0 Å². The molecular formula is C22H24F3NO6. The summed E-state index contributed by atoms with van der Waals surface area (Å²) in [7, 11) is 0. The summed E-state index contributed by atoms with van der Waals surface area (Å²) in [5.41, 5.74) is -1.14. The molecule has 4 N–H and O–H groups in total. The summed E-state index contributed by atoms with van der Waals surface area (Å²) < 4.78 is 38.5. The Hall–Kier alpha value is -3.11. The molecule has 0 heterocycles. The molecule has 0 unspecified atom stereocenters. The van der Waals surface area contributed by atoms with E-state index >= 15 is 0 Å². The van der Waals surface area contributed by atoms with Gasteiger partial charge in [0.15, 0.2) is 5.78 Å². The fraction of sp³-hybridized carbons (Fsp3) is 0.364. The number of ketones is 1. The zero-order chi connectivity index (χ0) is 24.1. The number of benzene rings is 2. The van der Waals surface area contributed by atoms with E-state index in [9.17, 15) is 33.0 Å². The summed E-state index contributed by atoms with van der Waals surface area (Å²) in [5.74, 6) is -2.35. The summed E-state index contributed by atoms with van der Waals surface area (Å²) in [5, 5.41) is 38.9. The zero-order valence-corrected chi connectivity index (χ0v) is 17.3. The lowest BCUT2D eigenvalue weighted by Gasteiger charge is -2.23. The molecule has 0 saturated carbocycles. The topological polar surface area (TPSA) is 118 Å². The van der Waals surface area contributed by atoms with Crippen LogP contribution in [0.15, 0.2) is 30.3 Å². The van der Waals surface area contributed by atoms with Gasteiger partial charge in [0.2, 0.25) is 5.91 Å². The smallest absolute Gasteiger partial charge is 0.416 e. The molecule has 0 aliphatic heterocycles. The van der Waals surface area contributed by atoms with Crippen LogP contribution in [0.5, 0.6) is 11.5 Å². The van der Waals surface area contributed by atoms with Gasteiger partial charge in [0, 0.05) is 24.7 Å². The summed E-state index contributed by atoms with van der Waals surface area (Å²) in [6.45, 7) is 0.775. The van der Waals surface area contributed by atoms with Gasteiger partial charge < -0.3 is 25.3 Å². The molecule has 2 aromatic rings. The van der Waals surface area contributed by atoms with Crippen molar-refractivity contribution < 1.29 is 43.2 Å². The maximum absolute atomic E-state index is 13.1. The van der Waals surface area contributed by atoms with E-state index < -0.39 is 35.6 Å². The number of phenolic OH excluding ortho intramolecular Hbond substituents is 2. The Labute approximate surface area is 182 Å². The molecule has 0 spiro atoms. The van der Waals surface area contributed by atoms with E-state index in [0.29, 0.717) is 0 Å². The Balaban J connectivity index is 2.55. The first-order valence-corrected chi connectivity index (χ1v) is 9.83. The van der Waals surface area contributed by atoms with Crippen LogP contribution in [0.3, 0.4) is 0 Å². The number of carbonyl (C=O) groups is 2. The van der Waals surface area contributed by atoms with Gasteiger partial charge in [0.25, 0.3) is 0 Å². The molecule has 0 fully saturated rings. The fourth-order valence-electron chi connectivity index (χ4n) is 3.41. The van der Waals surface area contributed by atoms with Gasteiger partial charge in [-0.25, -0.2) is 0 Å². The van der Waals surface area contributed by atoms with Crippen LogP contribution in [0.2, 0.25) is 0 Å². The fourth-order valence-corrected chi connectivity index (χ4v) is 3.41. The molecule has 0 saturated heterocycles. The average Bonchev–Trinajstić information content (AvgIpc) is 2.72. The van der Waals surface area contributed by atoms with Crippen LogP contribution in [-0.2, 0) is 23.8 Å². The van der Waals surface area contributed by atoms with Crippen LogP contribution in [0, 0.1) is 0 Å². The molecule has 0 radical (unpaired) electrons. The Bertz CT molecular complexity index is 967. The van der Waals surface area contributed by atoms with Crippen molar-refractivity contribution >= 4 is 11.7 Å². The Kier molecular flexibility index (Phi) is 8.23. The second-order valence-corrected chi connectivity index (χ2v) is 7.01. The highest BCUT2D eigenvalue weighted by Gasteiger charge is 2.31. The SMILES string of the molecule is CCc1c(O)cc(O)c(C(=O)c2ccc(C(F)(F)F)cc2)c1CC(=O)N(CCO)CCO. The van der Waals surface area contributed by atoms with E-state index in [0.717, 1.165) is 35.2 Å². The van der Waals surface area contributed by atoms with Gasteiger partial charge in [-0.15, -0.1) is 0 Å². The summed E-state index contributed by atoms with van der Waals surface area (Å²) >= 11 is 0. The molecule has 0 aliphatic rings. The standard InChI is InChI=1S/C22H24F3NO6/c1-2-15-16(11-19(31)26(7-9-27)8-10-28)20(18(30)12-17(15)29)21(32)13-3-5-14(6-4-13)22(23,24)25/h3-6,12,27-30H,2,7-11H2,1H3. The minimum absolute atomic E-state index is 0.0285. The number of halogens is 3. The number of rotatable bonds is 9. The van der Waals surface area contributed by atoms with E-state index in [-0.39, 0.29) is 60.7 Å². The largest absolute Gasteiger partial charge is 0.508 e. The molecule has 2 rings (SSSR count). The van der Waals surface area contributed by atoms with Crippen LogP contribution in [0.4, 0.5) is 13.2 Å². The van der Waals surface area contributed by atoms with Crippen molar-refractivity contribution in [3.8, 4) is 11.5 Å². The molecule has 10 heteroatoms. The first-order valence-electron chi connectivity index (χ1n) is 9.83. The monoisotopic (exact) mass is 455 g/mol. The van der Waals surface area contributed by atoms with Crippen molar-refractivity contribution in [3.63, 3.8) is 0 Å². The third-order valence-corrected chi connectivity index (χ3v) is 4.98. The number of aliphatic hydroxyl groups is 2. The number of hydrogen-bond acceptors (Lipinski definition) is 6. The molecule has 0 bridgehead atoms. The van der Waals surface area contributed by atoms with E-state index in [1.165, 1.54) is 0 Å². The van der Waals surface area contributed by atoms with E-state index in [1.54, 1.807) is 6.92 Å². The number of amides is 1. The number of phenols is 2. The van der Waals surface area contributed by atoms with Crippen molar-refractivity contribution in [2.45, 2.75) is 25.9 Å². The first-order chi connectivity index (χ1) is 15.0.